The van der Waals surface area contributed by atoms with Crippen molar-refractivity contribution in [2.45, 2.75) is 42.9 Å². The minimum atomic E-state index is -1.27. The smallest absolute Gasteiger partial charge is 0.320 e. The molecule has 0 fully saturated rings. The highest BCUT2D eigenvalue weighted by Gasteiger charge is 2.33. The number of carboxylic acids is 1. The van der Waals surface area contributed by atoms with Crippen molar-refractivity contribution in [2.24, 2.45) is 11.7 Å². The molecule has 0 aliphatic carbocycles. The molecule has 7 heteroatoms. The van der Waals surface area contributed by atoms with Crippen molar-refractivity contribution in [2.75, 3.05) is 6.54 Å². The molecule has 5 rings (SSSR count). The maximum absolute atomic E-state index is 12.5. The summed E-state index contributed by atoms with van der Waals surface area (Å²) < 4.78 is 11.5. The zero-order chi connectivity index (χ0) is 29.1. The van der Waals surface area contributed by atoms with Gasteiger partial charge in [-0.1, -0.05) is 72.8 Å². The van der Waals surface area contributed by atoms with Gasteiger partial charge in [-0.2, -0.15) is 0 Å². The van der Waals surface area contributed by atoms with E-state index in [1.165, 1.54) is 11.8 Å². The van der Waals surface area contributed by atoms with E-state index >= 15 is 0 Å². The molecular formula is C34H33NO5S. The van der Waals surface area contributed by atoms with Gasteiger partial charge in [0.15, 0.2) is 5.92 Å². The van der Waals surface area contributed by atoms with Crippen molar-refractivity contribution in [1.82, 2.24) is 0 Å². The van der Waals surface area contributed by atoms with Gasteiger partial charge in [0.1, 0.15) is 16.8 Å². The molecule has 0 saturated carbocycles. The molecule has 4 aromatic carbocycles. The predicted octanol–water partition coefficient (Wildman–Crippen LogP) is 7.77. The van der Waals surface area contributed by atoms with Gasteiger partial charge in [0, 0.05) is 33.0 Å². The van der Waals surface area contributed by atoms with Crippen LogP contribution < -0.4 is 5.73 Å². The Morgan fingerprint density at radius 2 is 1.46 bits per heavy atom. The fraction of sp³-hybridized carbons (Fsp3) is 0.235. The Morgan fingerprint density at radius 3 is 2.10 bits per heavy atom. The predicted molar refractivity (Wildman–Crippen MR) is 165 cm³/mol. The van der Waals surface area contributed by atoms with E-state index < -0.39 is 23.5 Å². The number of benzene rings is 4. The molecule has 41 heavy (non-hydrogen) atoms. The van der Waals surface area contributed by atoms with Gasteiger partial charge in [0.05, 0.1) is 0 Å². The van der Waals surface area contributed by atoms with E-state index in [2.05, 4.69) is 48.5 Å². The molecule has 210 valence electrons. The third-order valence-corrected chi connectivity index (χ3v) is 8.10. The van der Waals surface area contributed by atoms with Crippen molar-refractivity contribution in [3.05, 3.63) is 91.0 Å². The van der Waals surface area contributed by atoms with Crippen molar-refractivity contribution in [3.8, 4) is 22.3 Å². The summed E-state index contributed by atoms with van der Waals surface area (Å²) in [6.45, 7) is 5.39. The first-order valence-electron chi connectivity index (χ1n) is 13.6. The van der Waals surface area contributed by atoms with Gasteiger partial charge in [0.25, 0.3) is 0 Å². The molecule has 0 radical (unpaired) electrons. The van der Waals surface area contributed by atoms with E-state index in [4.69, 9.17) is 14.9 Å². The van der Waals surface area contributed by atoms with Gasteiger partial charge in [-0.25, -0.2) is 0 Å². The minimum Gasteiger partial charge on any atom is -0.481 e. The molecule has 1 aromatic heterocycles. The second kappa shape index (κ2) is 11.8. The van der Waals surface area contributed by atoms with Crippen LogP contribution in [0.1, 0.15) is 27.2 Å². The Labute approximate surface area is 243 Å². The Bertz CT molecular complexity index is 1680. The van der Waals surface area contributed by atoms with E-state index in [0.717, 1.165) is 49.1 Å². The molecule has 6 nitrogen and oxygen atoms in total. The average molecular weight is 568 g/mol. The number of carbonyl (C=O) groups excluding carboxylic acids is 1. The highest BCUT2D eigenvalue weighted by atomic mass is 32.2. The number of fused-ring (bicyclic) bond motifs is 3. The number of carboxylic acid groups (broad SMARTS) is 1. The number of ether oxygens (including phenoxy) is 1. The van der Waals surface area contributed by atoms with Crippen LogP contribution in [-0.2, 0) is 14.3 Å². The fourth-order valence-corrected chi connectivity index (χ4v) is 5.92. The molecule has 2 atom stereocenters. The summed E-state index contributed by atoms with van der Waals surface area (Å²) in [7, 11) is 0. The molecule has 0 aliphatic rings. The van der Waals surface area contributed by atoms with Gasteiger partial charge in [-0.15, -0.1) is 11.8 Å². The van der Waals surface area contributed by atoms with Gasteiger partial charge < -0.3 is 20.0 Å². The third-order valence-electron chi connectivity index (χ3n) is 6.84. The second-order valence-electron chi connectivity index (χ2n) is 11.0. The molecule has 0 aliphatic heterocycles. The van der Waals surface area contributed by atoms with Crippen LogP contribution in [0.2, 0.25) is 0 Å². The second-order valence-corrected chi connectivity index (χ2v) is 12.4. The zero-order valence-corrected chi connectivity index (χ0v) is 24.1. The zero-order valence-electron chi connectivity index (χ0n) is 23.3. The van der Waals surface area contributed by atoms with Gasteiger partial charge in [-0.05, 0) is 62.1 Å². The van der Waals surface area contributed by atoms with E-state index in [0.29, 0.717) is 0 Å². The standard InChI is InChI=1S/C34H33NO5S/c1-34(2,3)40-33(38)29(32(36)37)19-25(20-35)41-24-17-15-22(16-18-24)21-11-13-23(14-12-21)26-8-6-9-28-27-7-4-5-10-30(27)39-31(26)28/h4-18,25,29H,19-20,35H2,1-3H3,(H,36,37). The maximum Gasteiger partial charge on any atom is 0.320 e. The molecule has 2 unspecified atom stereocenters. The number of furan rings is 1. The molecule has 0 spiro atoms. The lowest BCUT2D eigenvalue weighted by Crippen LogP contribution is -2.35. The van der Waals surface area contributed by atoms with Crippen molar-refractivity contribution < 1.29 is 23.8 Å². The highest BCUT2D eigenvalue weighted by molar-refractivity contribution is 8.00. The number of rotatable bonds is 9. The van der Waals surface area contributed by atoms with Gasteiger partial charge in [0.2, 0.25) is 0 Å². The Balaban J connectivity index is 1.29. The number of esters is 1. The first-order chi connectivity index (χ1) is 19.6. The first kappa shape index (κ1) is 28.5. The monoisotopic (exact) mass is 567 g/mol. The quantitative estimate of drug-likeness (QED) is 0.107. The molecule has 5 aromatic rings. The van der Waals surface area contributed by atoms with Crippen LogP contribution in [0.3, 0.4) is 0 Å². The van der Waals surface area contributed by atoms with E-state index in [9.17, 15) is 14.7 Å². The van der Waals surface area contributed by atoms with Crippen LogP contribution in [0.5, 0.6) is 0 Å². The molecule has 0 bridgehead atoms. The summed E-state index contributed by atoms with van der Waals surface area (Å²) in [5, 5.41) is 11.6. The van der Waals surface area contributed by atoms with Gasteiger partial charge in [-0.3, -0.25) is 9.59 Å². The Kier molecular flexibility index (Phi) is 8.20. The van der Waals surface area contributed by atoms with E-state index in [-0.39, 0.29) is 18.2 Å². The summed E-state index contributed by atoms with van der Waals surface area (Å²) in [6, 6.07) is 30.8. The van der Waals surface area contributed by atoms with Gasteiger partial charge >= 0.3 is 11.9 Å². The minimum absolute atomic E-state index is 0.0899. The van der Waals surface area contributed by atoms with Crippen LogP contribution in [-0.4, -0.2) is 34.4 Å². The summed E-state index contributed by atoms with van der Waals surface area (Å²) in [5.41, 5.74) is 11.2. The normalized spacial score (nSPS) is 13.3. The van der Waals surface area contributed by atoms with Crippen LogP contribution in [0.4, 0.5) is 0 Å². The lowest BCUT2D eigenvalue weighted by molar-refractivity contribution is -0.167. The Hall–Kier alpha value is -4.07. The maximum atomic E-state index is 12.5. The molecular weight excluding hydrogens is 534 g/mol. The van der Waals surface area contributed by atoms with Crippen molar-refractivity contribution in [3.63, 3.8) is 0 Å². The number of thioether (sulfide) groups is 1. The van der Waals surface area contributed by atoms with Crippen LogP contribution in [0.15, 0.2) is 100 Å². The summed E-state index contributed by atoms with van der Waals surface area (Å²) in [5.74, 6) is -3.20. The summed E-state index contributed by atoms with van der Waals surface area (Å²) in [6.07, 6.45) is 0.0899. The number of aliphatic carboxylic acids is 1. The highest BCUT2D eigenvalue weighted by Crippen LogP contribution is 2.36. The average Bonchev–Trinajstić information content (AvgIpc) is 3.33. The van der Waals surface area contributed by atoms with Crippen LogP contribution in [0, 0.1) is 5.92 Å². The lowest BCUT2D eigenvalue weighted by atomic mass is 9.99. The molecule has 3 N–H and O–H groups in total. The molecule has 1 heterocycles. The summed E-state index contributed by atoms with van der Waals surface area (Å²) >= 11 is 1.47. The van der Waals surface area contributed by atoms with Crippen LogP contribution >= 0.6 is 11.8 Å². The van der Waals surface area contributed by atoms with Crippen molar-refractivity contribution in [1.29, 1.82) is 0 Å². The van der Waals surface area contributed by atoms with E-state index in [1.807, 2.05) is 42.5 Å². The summed E-state index contributed by atoms with van der Waals surface area (Å²) in [4.78, 5) is 25.2. The van der Waals surface area contributed by atoms with E-state index in [1.54, 1.807) is 20.8 Å². The fourth-order valence-electron chi connectivity index (χ4n) is 4.86. The number of nitrogens with two attached hydrogens (primary N) is 1. The largest absolute Gasteiger partial charge is 0.481 e. The SMILES string of the molecule is CC(C)(C)OC(=O)C(CC(CN)Sc1ccc(-c2ccc(-c3cccc4c3oc3ccccc34)cc2)cc1)C(=O)O. The van der Waals surface area contributed by atoms with Crippen LogP contribution in [0.25, 0.3) is 44.2 Å². The third kappa shape index (κ3) is 6.47. The first-order valence-corrected chi connectivity index (χ1v) is 14.4. The molecule has 0 saturated heterocycles. The van der Waals surface area contributed by atoms with Crippen molar-refractivity contribution >= 4 is 45.6 Å². The Morgan fingerprint density at radius 1 is 0.854 bits per heavy atom. The number of hydrogen-bond acceptors (Lipinski definition) is 6. The number of carbonyl (C=O) groups is 2. The topological polar surface area (TPSA) is 103 Å². The number of para-hydroxylation sites is 2. The molecule has 0 amide bonds. The number of hydrogen-bond donors (Lipinski definition) is 2. The lowest BCUT2D eigenvalue weighted by Gasteiger charge is -2.24.